The van der Waals surface area contributed by atoms with E-state index >= 15 is 0 Å². The van der Waals surface area contributed by atoms with Gasteiger partial charge in [-0.05, 0) is 18.9 Å². The van der Waals surface area contributed by atoms with Gasteiger partial charge in [-0.25, -0.2) is 4.39 Å². The van der Waals surface area contributed by atoms with Crippen LogP contribution in [-0.2, 0) is 10.2 Å². The third kappa shape index (κ3) is 1.39. The largest absolute Gasteiger partial charge is 0.505 e. The topological polar surface area (TPSA) is 66.8 Å². The first-order chi connectivity index (χ1) is 7.51. The lowest BCUT2D eigenvalue weighted by molar-refractivity contribution is -0.140. The van der Waals surface area contributed by atoms with E-state index in [1.54, 1.807) is 0 Å². The molecule has 0 aromatic heterocycles. The molecule has 16 heavy (non-hydrogen) atoms. The number of halogens is 1. The zero-order valence-corrected chi connectivity index (χ0v) is 8.66. The first-order valence-corrected chi connectivity index (χ1v) is 4.81. The van der Waals surface area contributed by atoms with Crippen LogP contribution >= 0.6 is 0 Å². The number of hydrogen-bond acceptors (Lipinski definition) is 3. The molecule has 0 amide bonds. The lowest BCUT2D eigenvalue weighted by atomic mass is 9.95. The van der Waals surface area contributed by atoms with E-state index in [-0.39, 0.29) is 11.3 Å². The van der Waals surface area contributed by atoms with Crippen molar-refractivity contribution in [1.82, 2.24) is 0 Å². The standard InChI is InChI=1S/C11H11FO4/c1-16-6-4-7(9(12)8(13)5-6)11(2-3-11)10(14)15/h4-5,13H,2-3H2,1H3,(H,14,15). The fourth-order valence-electron chi connectivity index (χ4n) is 1.77. The van der Waals surface area contributed by atoms with Gasteiger partial charge in [-0.1, -0.05) is 0 Å². The quantitative estimate of drug-likeness (QED) is 0.822. The maximum atomic E-state index is 13.6. The van der Waals surface area contributed by atoms with Gasteiger partial charge in [0, 0.05) is 11.6 Å². The normalized spacial score (nSPS) is 16.9. The SMILES string of the molecule is COc1cc(O)c(F)c(C2(C(=O)O)CC2)c1. The van der Waals surface area contributed by atoms with Crippen molar-refractivity contribution in [2.45, 2.75) is 18.3 Å². The van der Waals surface area contributed by atoms with E-state index in [9.17, 15) is 14.3 Å². The number of rotatable bonds is 3. The van der Waals surface area contributed by atoms with E-state index in [0.29, 0.717) is 12.8 Å². The average molecular weight is 226 g/mol. The predicted molar refractivity (Wildman–Crippen MR) is 53.2 cm³/mol. The van der Waals surface area contributed by atoms with Crippen LogP contribution in [0.15, 0.2) is 12.1 Å². The maximum Gasteiger partial charge on any atom is 0.314 e. The van der Waals surface area contributed by atoms with Crippen LogP contribution in [0.5, 0.6) is 11.5 Å². The fourth-order valence-corrected chi connectivity index (χ4v) is 1.77. The van der Waals surface area contributed by atoms with E-state index in [2.05, 4.69) is 0 Å². The molecule has 1 fully saturated rings. The first kappa shape index (κ1) is 10.7. The van der Waals surface area contributed by atoms with Gasteiger partial charge >= 0.3 is 5.97 Å². The highest BCUT2D eigenvalue weighted by Gasteiger charge is 2.53. The van der Waals surface area contributed by atoms with E-state index < -0.39 is 23.0 Å². The Morgan fingerprint density at radius 2 is 2.12 bits per heavy atom. The number of ether oxygens (including phenoxy) is 1. The van der Waals surface area contributed by atoms with Crippen molar-refractivity contribution in [1.29, 1.82) is 0 Å². The first-order valence-electron chi connectivity index (χ1n) is 4.81. The number of phenolic OH excluding ortho intramolecular Hbond substituents is 1. The summed E-state index contributed by atoms with van der Waals surface area (Å²) in [6.07, 6.45) is 0.762. The molecule has 1 aromatic rings. The van der Waals surface area contributed by atoms with Crippen LogP contribution in [0.25, 0.3) is 0 Å². The molecule has 1 aromatic carbocycles. The van der Waals surface area contributed by atoms with Crippen LogP contribution < -0.4 is 4.74 Å². The van der Waals surface area contributed by atoms with E-state index in [4.69, 9.17) is 9.84 Å². The van der Waals surface area contributed by atoms with Crippen molar-refractivity contribution < 1.29 is 24.1 Å². The van der Waals surface area contributed by atoms with Crippen LogP contribution in [0.3, 0.4) is 0 Å². The van der Waals surface area contributed by atoms with Crippen molar-refractivity contribution in [3.8, 4) is 11.5 Å². The Kier molecular flexibility index (Phi) is 2.26. The molecule has 0 bridgehead atoms. The summed E-state index contributed by atoms with van der Waals surface area (Å²) in [6.45, 7) is 0. The van der Waals surface area contributed by atoms with Crippen LogP contribution in [-0.4, -0.2) is 23.3 Å². The number of phenols is 1. The number of hydrogen-bond donors (Lipinski definition) is 2. The Morgan fingerprint density at radius 3 is 2.56 bits per heavy atom. The molecule has 0 radical (unpaired) electrons. The summed E-state index contributed by atoms with van der Waals surface area (Å²) in [5.74, 6) is -2.27. The highest BCUT2D eigenvalue weighted by Crippen LogP contribution is 2.51. The molecule has 0 unspecified atom stereocenters. The highest BCUT2D eigenvalue weighted by atomic mass is 19.1. The number of methoxy groups -OCH3 is 1. The molecule has 0 aliphatic heterocycles. The molecule has 5 heteroatoms. The molecule has 0 spiro atoms. The molecule has 0 heterocycles. The summed E-state index contributed by atoms with van der Waals surface area (Å²) in [4.78, 5) is 11.1. The van der Waals surface area contributed by atoms with E-state index in [1.165, 1.54) is 13.2 Å². The summed E-state index contributed by atoms with van der Waals surface area (Å²) < 4.78 is 18.5. The van der Waals surface area contributed by atoms with Crippen molar-refractivity contribution in [3.63, 3.8) is 0 Å². The van der Waals surface area contributed by atoms with Crippen LogP contribution in [0.1, 0.15) is 18.4 Å². The fraction of sp³-hybridized carbons (Fsp3) is 0.364. The Hall–Kier alpha value is -1.78. The van der Waals surface area contributed by atoms with E-state index in [1.807, 2.05) is 0 Å². The molecule has 86 valence electrons. The molecule has 4 nitrogen and oxygen atoms in total. The zero-order valence-electron chi connectivity index (χ0n) is 8.66. The van der Waals surface area contributed by atoms with Gasteiger partial charge < -0.3 is 14.9 Å². The lowest BCUT2D eigenvalue weighted by Crippen LogP contribution is -2.21. The molecule has 1 aliphatic carbocycles. The van der Waals surface area contributed by atoms with Gasteiger partial charge in [0.1, 0.15) is 5.75 Å². The molecule has 2 N–H and O–H groups in total. The molecule has 1 saturated carbocycles. The van der Waals surface area contributed by atoms with Crippen molar-refractivity contribution >= 4 is 5.97 Å². The van der Waals surface area contributed by atoms with Gasteiger partial charge in [0.2, 0.25) is 0 Å². The minimum absolute atomic E-state index is 0.00292. The second-order valence-electron chi connectivity index (χ2n) is 3.90. The second-order valence-corrected chi connectivity index (χ2v) is 3.90. The van der Waals surface area contributed by atoms with Gasteiger partial charge in [0.05, 0.1) is 12.5 Å². The Labute approximate surface area is 91.3 Å². The summed E-state index contributed by atoms with van der Waals surface area (Å²) in [5, 5.41) is 18.4. The number of benzene rings is 1. The van der Waals surface area contributed by atoms with Crippen molar-refractivity contribution in [2.24, 2.45) is 0 Å². The van der Waals surface area contributed by atoms with Crippen LogP contribution in [0, 0.1) is 5.82 Å². The van der Waals surface area contributed by atoms with Crippen molar-refractivity contribution in [2.75, 3.05) is 7.11 Å². The summed E-state index contributed by atoms with van der Waals surface area (Å²) in [6, 6.07) is 2.45. The average Bonchev–Trinajstić information content (AvgIpc) is 3.02. The predicted octanol–water partition coefficient (Wildman–Crippen LogP) is 1.66. The molecule has 0 atom stereocenters. The van der Waals surface area contributed by atoms with Crippen LogP contribution in [0.4, 0.5) is 4.39 Å². The van der Waals surface area contributed by atoms with Gasteiger partial charge in [-0.3, -0.25) is 4.79 Å². The lowest BCUT2D eigenvalue weighted by Gasteiger charge is -2.13. The Bertz CT molecular complexity index is 452. The van der Waals surface area contributed by atoms with Crippen LogP contribution in [0.2, 0.25) is 0 Å². The molecular formula is C11H11FO4. The summed E-state index contributed by atoms with van der Waals surface area (Å²) in [7, 11) is 1.37. The monoisotopic (exact) mass is 226 g/mol. The summed E-state index contributed by atoms with van der Waals surface area (Å²) in [5.41, 5.74) is -1.19. The molecule has 0 saturated heterocycles. The minimum Gasteiger partial charge on any atom is -0.505 e. The summed E-state index contributed by atoms with van der Waals surface area (Å²) >= 11 is 0. The maximum absolute atomic E-state index is 13.6. The minimum atomic E-state index is -1.18. The molecule has 1 aliphatic rings. The number of carboxylic acids is 1. The Balaban J connectivity index is 2.56. The van der Waals surface area contributed by atoms with E-state index in [0.717, 1.165) is 6.07 Å². The highest BCUT2D eigenvalue weighted by molar-refractivity contribution is 5.85. The van der Waals surface area contributed by atoms with Gasteiger partial charge in [-0.2, -0.15) is 0 Å². The van der Waals surface area contributed by atoms with Gasteiger partial charge in [0.15, 0.2) is 11.6 Å². The second kappa shape index (κ2) is 3.37. The third-order valence-corrected chi connectivity index (χ3v) is 2.94. The zero-order chi connectivity index (χ0) is 11.9. The number of carboxylic acid groups (broad SMARTS) is 1. The van der Waals surface area contributed by atoms with Gasteiger partial charge in [0.25, 0.3) is 0 Å². The molecule has 2 rings (SSSR count). The number of aliphatic carboxylic acids is 1. The smallest absolute Gasteiger partial charge is 0.314 e. The van der Waals surface area contributed by atoms with Crippen molar-refractivity contribution in [3.05, 3.63) is 23.5 Å². The third-order valence-electron chi connectivity index (χ3n) is 2.94. The number of aromatic hydroxyl groups is 1. The van der Waals surface area contributed by atoms with Gasteiger partial charge in [-0.15, -0.1) is 0 Å². The Morgan fingerprint density at radius 1 is 1.50 bits per heavy atom. The molecular weight excluding hydrogens is 215 g/mol. The number of carbonyl (C=O) groups is 1.